The van der Waals surface area contributed by atoms with Crippen molar-refractivity contribution in [2.24, 2.45) is 5.73 Å². The van der Waals surface area contributed by atoms with Crippen molar-refractivity contribution >= 4 is 0 Å². The second-order valence-electron chi connectivity index (χ2n) is 3.63. The SMILES string of the molecule is CC(O)COc1ccc(F)cc1C(C)N. The van der Waals surface area contributed by atoms with E-state index in [1.165, 1.54) is 18.2 Å². The molecule has 0 aromatic heterocycles. The molecule has 2 unspecified atom stereocenters. The van der Waals surface area contributed by atoms with Gasteiger partial charge >= 0.3 is 0 Å². The van der Waals surface area contributed by atoms with E-state index in [0.717, 1.165) is 0 Å². The molecular formula is C11H16FNO2. The normalized spacial score (nSPS) is 14.7. The van der Waals surface area contributed by atoms with Gasteiger partial charge in [0.15, 0.2) is 0 Å². The maximum absolute atomic E-state index is 12.9. The highest BCUT2D eigenvalue weighted by Crippen LogP contribution is 2.24. The standard InChI is InChI=1S/C11H16FNO2/c1-7(14)6-15-11-4-3-9(12)5-10(11)8(2)13/h3-5,7-8,14H,6,13H2,1-2H3. The Hall–Kier alpha value is -1.13. The molecule has 2 atom stereocenters. The predicted octanol–water partition coefficient (Wildman–Crippen LogP) is 1.60. The number of halogens is 1. The summed E-state index contributed by atoms with van der Waals surface area (Å²) in [4.78, 5) is 0. The average molecular weight is 213 g/mol. The van der Waals surface area contributed by atoms with Crippen LogP contribution in [0.2, 0.25) is 0 Å². The van der Waals surface area contributed by atoms with Gasteiger partial charge in [-0.3, -0.25) is 0 Å². The van der Waals surface area contributed by atoms with Crippen molar-refractivity contribution in [1.82, 2.24) is 0 Å². The molecule has 0 aliphatic heterocycles. The van der Waals surface area contributed by atoms with Gasteiger partial charge < -0.3 is 15.6 Å². The lowest BCUT2D eigenvalue weighted by Crippen LogP contribution is -2.15. The van der Waals surface area contributed by atoms with Crippen LogP contribution < -0.4 is 10.5 Å². The first-order chi connectivity index (χ1) is 7.00. The van der Waals surface area contributed by atoms with E-state index < -0.39 is 6.10 Å². The summed E-state index contributed by atoms with van der Waals surface area (Å²) in [6.07, 6.45) is -0.559. The van der Waals surface area contributed by atoms with Crippen LogP contribution >= 0.6 is 0 Å². The summed E-state index contributed by atoms with van der Waals surface area (Å²) in [6, 6.07) is 3.88. The van der Waals surface area contributed by atoms with E-state index in [2.05, 4.69) is 0 Å². The Morgan fingerprint density at radius 2 is 2.13 bits per heavy atom. The lowest BCUT2D eigenvalue weighted by Gasteiger charge is -2.14. The molecule has 4 heteroatoms. The molecule has 0 bridgehead atoms. The van der Waals surface area contributed by atoms with E-state index in [-0.39, 0.29) is 18.5 Å². The van der Waals surface area contributed by atoms with E-state index in [9.17, 15) is 4.39 Å². The second kappa shape index (κ2) is 5.09. The molecule has 1 aromatic carbocycles. The van der Waals surface area contributed by atoms with Crippen LogP contribution in [0.5, 0.6) is 5.75 Å². The van der Waals surface area contributed by atoms with Crippen molar-refractivity contribution in [1.29, 1.82) is 0 Å². The number of hydrogen-bond acceptors (Lipinski definition) is 3. The molecule has 0 aliphatic rings. The highest BCUT2D eigenvalue weighted by molar-refractivity contribution is 5.36. The van der Waals surface area contributed by atoms with Crippen LogP contribution in [-0.4, -0.2) is 17.8 Å². The third kappa shape index (κ3) is 3.49. The Balaban J connectivity index is 2.86. The number of aliphatic hydroxyl groups excluding tert-OH is 1. The zero-order valence-corrected chi connectivity index (χ0v) is 8.90. The number of hydrogen-bond donors (Lipinski definition) is 2. The molecule has 0 saturated carbocycles. The fourth-order valence-electron chi connectivity index (χ4n) is 1.22. The number of ether oxygens (including phenoxy) is 1. The van der Waals surface area contributed by atoms with Gasteiger partial charge in [-0.15, -0.1) is 0 Å². The van der Waals surface area contributed by atoms with Crippen molar-refractivity contribution in [3.05, 3.63) is 29.6 Å². The number of nitrogens with two attached hydrogens (primary N) is 1. The summed E-state index contributed by atoms with van der Waals surface area (Å²) in [5.41, 5.74) is 6.29. The fraction of sp³-hybridized carbons (Fsp3) is 0.455. The van der Waals surface area contributed by atoms with E-state index in [4.69, 9.17) is 15.6 Å². The van der Waals surface area contributed by atoms with Crippen molar-refractivity contribution in [3.8, 4) is 5.75 Å². The summed E-state index contributed by atoms with van der Waals surface area (Å²) in [5.74, 6) is 0.180. The molecule has 15 heavy (non-hydrogen) atoms. The van der Waals surface area contributed by atoms with Gasteiger partial charge in [-0.05, 0) is 32.0 Å². The Bertz CT molecular complexity index is 326. The van der Waals surface area contributed by atoms with Crippen LogP contribution in [0.1, 0.15) is 25.5 Å². The minimum Gasteiger partial charge on any atom is -0.491 e. The molecule has 0 fully saturated rings. The van der Waals surface area contributed by atoms with Gasteiger partial charge in [-0.2, -0.15) is 0 Å². The van der Waals surface area contributed by atoms with Gasteiger partial charge in [-0.1, -0.05) is 0 Å². The molecule has 84 valence electrons. The van der Waals surface area contributed by atoms with Crippen LogP contribution in [0, 0.1) is 5.82 Å². The number of aliphatic hydroxyl groups is 1. The van der Waals surface area contributed by atoms with Crippen molar-refractivity contribution in [2.75, 3.05) is 6.61 Å². The lowest BCUT2D eigenvalue weighted by atomic mass is 10.1. The average Bonchev–Trinajstić information content (AvgIpc) is 2.15. The molecule has 0 aliphatic carbocycles. The van der Waals surface area contributed by atoms with Crippen LogP contribution in [0.25, 0.3) is 0 Å². The monoisotopic (exact) mass is 213 g/mol. The first kappa shape index (κ1) is 11.9. The summed E-state index contributed by atoms with van der Waals surface area (Å²) in [7, 11) is 0. The third-order valence-electron chi connectivity index (χ3n) is 1.94. The predicted molar refractivity (Wildman–Crippen MR) is 56.2 cm³/mol. The fourth-order valence-corrected chi connectivity index (χ4v) is 1.22. The molecular weight excluding hydrogens is 197 g/mol. The zero-order valence-electron chi connectivity index (χ0n) is 8.90. The highest BCUT2D eigenvalue weighted by atomic mass is 19.1. The molecule has 1 aromatic rings. The van der Waals surface area contributed by atoms with Crippen molar-refractivity contribution < 1.29 is 14.2 Å². The maximum atomic E-state index is 12.9. The molecule has 3 nitrogen and oxygen atoms in total. The minimum absolute atomic E-state index is 0.172. The van der Waals surface area contributed by atoms with Gasteiger partial charge in [0, 0.05) is 11.6 Å². The largest absolute Gasteiger partial charge is 0.491 e. The maximum Gasteiger partial charge on any atom is 0.124 e. The topological polar surface area (TPSA) is 55.5 Å². The lowest BCUT2D eigenvalue weighted by molar-refractivity contribution is 0.122. The zero-order chi connectivity index (χ0) is 11.4. The second-order valence-corrected chi connectivity index (χ2v) is 3.63. The van der Waals surface area contributed by atoms with Crippen molar-refractivity contribution in [2.45, 2.75) is 26.0 Å². The minimum atomic E-state index is -0.559. The number of benzene rings is 1. The Kier molecular flexibility index (Phi) is 4.05. The Labute approximate surface area is 88.7 Å². The van der Waals surface area contributed by atoms with Crippen LogP contribution in [0.15, 0.2) is 18.2 Å². The van der Waals surface area contributed by atoms with Crippen LogP contribution in [-0.2, 0) is 0 Å². The van der Waals surface area contributed by atoms with Crippen molar-refractivity contribution in [3.63, 3.8) is 0 Å². The molecule has 1 rings (SSSR count). The van der Waals surface area contributed by atoms with Gasteiger partial charge in [0.1, 0.15) is 18.2 Å². The van der Waals surface area contributed by atoms with Crippen LogP contribution in [0.3, 0.4) is 0 Å². The summed E-state index contributed by atoms with van der Waals surface area (Å²) >= 11 is 0. The highest BCUT2D eigenvalue weighted by Gasteiger charge is 2.10. The van der Waals surface area contributed by atoms with E-state index >= 15 is 0 Å². The Morgan fingerprint density at radius 1 is 1.47 bits per heavy atom. The van der Waals surface area contributed by atoms with E-state index in [1.807, 2.05) is 0 Å². The first-order valence-electron chi connectivity index (χ1n) is 4.86. The van der Waals surface area contributed by atoms with E-state index in [0.29, 0.717) is 11.3 Å². The third-order valence-corrected chi connectivity index (χ3v) is 1.94. The Morgan fingerprint density at radius 3 is 2.67 bits per heavy atom. The summed E-state index contributed by atoms with van der Waals surface area (Å²) in [6.45, 7) is 3.55. The van der Waals surface area contributed by atoms with E-state index in [1.54, 1.807) is 13.8 Å². The van der Waals surface area contributed by atoms with Gasteiger partial charge in [0.2, 0.25) is 0 Å². The van der Waals surface area contributed by atoms with Crippen LogP contribution in [0.4, 0.5) is 4.39 Å². The molecule has 0 saturated heterocycles. The smallest absolute Gasteiger partial charge is 0.124 e. The van der Waals surface area contributed by atoms with Gasteiger partial charge in [-0.25, -0.2) is 4.39 Å². The molecule has 0 amide bonds. The molecule has 0 radical (unpaired) electrons. The molecule has 0 heterocycles. The summed E-state index contributed by atoms with van der Waals surface area (Å²) < 4.78 is 18.3. The number of rotatable bonds is 4. The first-order valence-corrected chi connectivity index (χ1v) is 4.86. The van der Waals surface area contributed by atoms with Gasteiger partial charge in [0.25, 0.3) is 0 Å². The molecule has 0 spiro atoms. The molecule has 3 N–H and O–H groups in total. The quantitative estimate of drug-likeness (QED) is 0.798. The van der Waals surface area contributed by atoms with Gasteiger partial charge in [0.05, 0.1) is 6.10 Å². The summed E-state index contributed by atoms with van der Waals surface area (Å²) in [5, 5.41) is 9.07.